The predicted molar refractivity (Wildman–Crippen MR) is 81.9 cm³/mol. The predicted octanol–water partition coefficient (Wildman–Crippen LogP) is 2.39. The van der Waals surface area contributed by atoms with Crippen LogP contribution < -0.4 is 0 Å². The van der Waals surface area contributed by atoms with Gasteiger partial charge in [-0.05, 0) is 24.9 Å². The van der Waals surface area contributed by atoms with Crippen molar-refractivity contribution < 1.29 is 9.53 Å². The molecular formula is C17H21N3O2. The van der Waals surface area contributed by atoms with Gasteiger partial charge in [0.15, 0.2) is 0 Å². The van der Waals surface area contributed by atoms with Crippen molar-refractivity contribution in [1.29, 1.82) is 5.26 Å². The van der Waals surface area contributed by atoms with Crippen LogP contribution in [0.2, 0.25) is 0 Å². The first-order valence-corrected chi connectivity index (χ1v) is 7.89. The molecule has 2 fully saturated rings. The molecule has 0 bridgehead atoms. The lowest BCUT2D eigenvalue weighted by Gasteiger charge is -2.45. The summed E-state index contributed by atoms with van der Waals surface area (Å²) in [7, 11) is 0. The number of carbonyl (C=O) groups excluding carboxylic acids is 1. The number of hydrogen-bond acceptors (Lipinski definition) is 4. The number of nitrogens with zero attached hydrogens (tertiary/aromatic N) is 3. The highest BCUT2D eigenvalue weighted by molar-refractivity contribution is 5.69. The van der Waals surface area contributed by atoms with Gasteiger partial charge in [0, 0.05) is 19.1 Å². The standard InChI is InChI=1S/C17H21N3O2/c18-10-16-11-19-9-5-4-8-15(19)12-20(16)17(21)22-13-14-6-2-1-3-7-14/h1-3,6-7,15-16H,4-5,8-9,11-13H2. The lowest BCUT2D eigenvalue weighted by Crippen LogP contribution is -2.60. The molecule has 0 N–H and O–H groups in total. The molecule has 3 rings (SSSR count). The molecule has 2 unspecified atom stereocenters. The molecule has 0 radical (unpaired) electrons. The molecule has 116 valence electrons. The zero-order valence-electron chi connectivity index (χ0n) is 12.6. The monoisotopic (exact) mass is 299 g/mol. The minimum atomic E-state index is -0.405. The second-order valence-electron chi connectivity index (χ2n) is 5.98. The van der Waals surface area contributed by atoms with Crippen LogP contribution in [0.15, 0.2) is 30.3 Å². The van der Waals surface area contributed by atoms with Crippen molar-refractivity contribution in [3.8, 4) is 6.07 Å². The molecule has 2 heterocycles. The van der Waals surface area contributed by atoms with Crippen molar-refractivity contribution in [2.24, 2.45) is 0 Å². The molecule has 2 aliphatic rings. The van der Waals surface area contributed by atoms with Gasteiger partial charge in [0.25, 0.3) is 0 Å². The van der Waals surface area contributed by atoms with Crippen LogP contribution in [0.4, 0.5) is 4.79 Å². The normalized spacial score (nSPS) is 25.1. The number of piperazine rings is 1. The number of carbonyl (C=O) groups is 1. The van der Waals surface area contributed by atoms with Crippen LogP contribution in [0.1, 0.15) is 24.8 Å². The average molecular weight is 299 g/mol. The summed E-state index contributed by atoms with van der Waals surface area (Å²) in [5.41, 5.74) is 0.959. The quantitative estimate of drug-likeness (QED) is 0.841. The summed E-state index contributed by atoms with van der Waals surface area (Å²) in [4.78, 5) is 16.3. The maximum absolute atomic E-state index is 12.3. The smallest absolute Gasteiger partial charge is 0.411 e. The fourth-order valence-corrected chi connectivity index (χ4v) is 3.30. The summed E-state index contributed by atoms with van der Waals surface area (Å²) >= 11 is 0. The number of hydrogen-bond donors (Lipinski definition) is 0. The highest BCUT2D eigenvalue weighted by Gasteiger charge is 2.38. The largest absolute Gasteiger partial charge is 0.445 e. The Morgan fingerprint density at radius 1 is 1.27 bits per heavy atom. The van der Waals surface area contributed by atoms with E-state index in [1.807, 2.05) is 30.3 Å². The van der Waals surface area contributed by atoms with Crippen molar-refractivity contribution in [2.45, 2.75) is 38.0 Å². The van der Waals surface area contributed by atoms with Crippen molar-refractivity contribution in [3.63, 3.8) is 0 Å². The third-order valence-electron chi connectivity index (χ3n) is 4.53. The number of nitriles is 1. The number of piperidine rings is 1. The van der Waals surface area contributed by atoms with Crippen LogP contribution in [0.5, 0.6) is 0 Å². The molecule has 5 heteroatoms. The number of rotatable bonds is 2. The molecule has 1 aromatic carbocycles. The van der Waals surface area contributed by atoms with Gasteiger partial charge < -0.3 is 4.74 Å². The fourth-order valence-electron chi connectivity index (χ4n) is 3.30. The van der Waals surface area contributed by atoms with Crippen LogP contribution in [0, 0.1) is 11.3 Å². The van der Waals surface area contributed by atoms with E-state index in [1.54, 1.807) is 4.90 Å². The topological polar surface area (TPSA) is 56.6 Å². The molecule has 2 atom stereocenters. The third-order valence-corrected chi connectivity index (χ3v) is 4.53. The number of amides is 1. The first-order valence-electron chi connectivity index (χ1n) is 7.89. The lowest BCUT2D eigenvalue weighted by molar-refractivity contribution is 0.0164. The van der Waals surface area contributed by atoms with Gasteiger partial charge in [-0.25, -0.2) is 4.79 Å². The Kier molecular flexibility index (Phi) is 4.59. The Labute approximate surface area is 131 Å². The maximum atomic E-state index is 12.3. The SMILES string of the molecule is N#CC1CN2CCCCC2CN1C(=O)OCc1ccccc1. The Morgan fingerprint density at radius 2 is 2.09 bits per heavy atom. The van der Waals surface area contributed by atoms with E-state index in [4.69, 9.17) is 4.74 Å². The van der Waals surface area contributed by atoms with Crippen molar-refractivity contribution in [2.75, 3.05) is 19.6 Å². The second-order valence-corrected chi connectivity index (χ2v) is 5.98. The Hall–Kier alpha value is -2.06. The molecule has 2 saturated heterocycles. The van der Waals surface area contributed by atoms with Gasteiger partial charge in [-0.3, -0.25) is 9.80 Å². The summed E-state index contributed by atoms with van der Waals surface area (Å²) < 4.78 is 5.40. The summed E-state index contributed by atoms with van der Waals surface area (Å²) in [5, 5.41) is 9.36. The molecule has 0 spiro atoms. The molecule has 2 aliphatic heterocycles. The third kappa shape index (κ3) is 3.23. The van der Waals surface area contributed by atoms with E-state index in [0.29, 0.717) is 19.1 Å². The second kappa shape index (κ2) is 6.80. The van der Waals surface area contributed by atoms with Crippen LogP contribution >= 0.6 is 0 Å². The van der Waals surface area contributed by atoms with Crippen molar-refractivity contribution >= 4 is 6.09 Å². The molecule has 0 aromatic heterocycles. The number of ether oxygens (including phenoxy) is 1. The van der Waals surface area contributed by atoms with E-state index in [-0.39, 0.29) is 12.7 Å². The zero-order valence-corrected chi connectivity index (χ0v) is 12.6. The number of fused-ring (bicyclic) bond motifs is 1. The van der Waals surface area contributed by atoms with E-state index < -0.39 is 6.04 Å². The van der Waals surface area contributed by atoms with Crippen molar-refractivity contribution in [3.05, 3.63) is 35.9 Å². The summed E-state index contributed by atoms with van der Waals surface area (Å²) in [5.74, 6) is 0. The minimum Gasteiger partial charge on any atom is -0.445 e. The van der Waals surface area contributed by atoms with Crippen LogP contribution in [0.25, 0.3) is 0 Å². The molecule has 22 heavy (non-hydrogen) atoms. The van der Waals surface area contributed by atoms with E-state index in [1.165, 1.54) is 12.8 Å². The van der Waals surface area contributed by atoms with Gasteiger partial charge in [-0.15, -0.1) is 0 Å². The average Bonchev–Trinajstić information content (AvgIpc) is 2.59. The van der Waals surface area contributed by atoms with E-state index in [2.05, 4.69) is 11.0 Å². The van der Waals surface area contributed by atoms with Gasteiger partial charge in [0.2, 0.25) is 0 Å². The van der Waals surface area contributed by atoms with Crippen LogP contribution in [-0.2, 0) is 11.3 Å². The molecule has 1 aromatic rings. The molecule has 0 aliphatic carbocycles. The van der Waals surface area contributed by atoms with Crippen LogP contribution in [0.3, 0.4) is 0 Å². The van der Waals surface area contributed by atoms with E-state index in [9.17, 15) is 10.1 Å². The Bertz CT molecular complexity index is 555. The summed E-state index contributed by atoms with van der Waals surface area (Å²) in [6.45, 7) is 2.53. The first kappa shape index (κ1) is 14.9. The Morgan fingerprint density at radius 3 is 2.86 bits per heavy atom. The Balaban J connectivity index is 1.61. The fraction of sp³-hybridized carbons (Fsp3) is 0.529. The van der Waals surface area contributed by atoms with Crippen molar-refractivity contribution in [1.82, 2.24) is 9.80 Å². The number of benzene rings is 1. The minimum absolute atomic E-state index is 0.253. The first-order chi connectivity index (χ1) is 10.8. The zero-order chi connectivity index (χ0) is 15.4. The molecule has 0 saturated carbocycles. The van der Waals surface area contributed by atoms with Gasteiger partial charge in [-0.2, -0.15) is 5.26 Å². The van der Waals surface area contributed by atoms with Gasteiger partial charge in [0.1, 0.15) is 12.6 Å². The highest BCUT2D eigenvalue weighted by Crippen LogP contribution is 2.24. The van der Waals surface area contributed by atoms with E-state index >= 15 is 0 Å². The molecular weight excluding hydrogens is 278 g/mol. The summed E-state index contributed by atoms with van der Waals surface area (Å²) in [6, 6.07) is 11.8. The lowest BCUT2D eigenvalue weighted by atomic mass is 9.97. The van der Waals surface area contributed by atoms with Gasteiger partial charge in [-0.1, -0.05) is 36.8 Å². The molecule has 1 amide bonds. The van der Waals surface area contributed by atoms with E-state index in [0.717, 1.165) is 18.5 Å². The van der Waals surface area contributed by atoms with Gasteiger partial charge >= 0.3 is 6.09 Å². The molecule has 5 nitrogen and oxygen atoms in total. The maximum Gasteiger partial charge on any atom is 0.411 e. The van der Waals surface area contributed by atoms with Crippen LogP contribution in [-0.4, -0.2) is 47.6 Å². The van der Waals surface area contributed by atoms with Gasteiger partial charge in [0.05, 0.1) is 6.07 Å². The highest BCUT2D eigenvalue weighted by atomic mass is 16.6. The summed E-state index contributed by atoms with van der Waals surface area (Å²) in [6.07, 6.45) is 3.11.